The summed E-state index contributed by atoms with van der Waals surface area (Å²) in [6.07, 6.45) is 1.57. The normalized spacial score (nSPS) is 17.8. The Hall–Kier alpha value is -1.46. The summed E-state index contributed by atoms with van der Waals surface area (Å²) in [5.41, 5.74) is 9.42. The summed E-state index contributed by atoms with van der Waals surface area (Å²) < 4.78 is 13.0. The zero-order valence-corrected chi connectivity index (χ0v) is 10.2. The van der Waals surface area contributed by atoms with Crippen molar-refractivity contribution in [2.75, 3.05) is 13.1 Å². The summed E-state index contributed by atoms with van der Waals surface area (Å²) in [4.78, 5) is 11.0. The molecule has 4 nitrogen and oxygen atoms in total. The van der Waals surface area contributed by atoms with Crippen molar-refractivity contribution in [1.82, 2.24) is 10.4 Å². The lowest BCUT2D eigenvalue weighted by Gasteiger charge is -2.30. The lowest BCUT2D eigenvalue weighted by Crippen LogP contribution is -2.45. The van der Waals surface area contributed by atoms with Crippen LogP contribution in [0.5, 0.6) is 0 Å². The topological polar surface area (TPSA) is 58.4 Å². The lowest BCUT2D eigenvalue weighted by molar-refractivity contribution is -0.123. The first-order valence-electron chi connectivity index (χ1n) is 6.17. The molecule has 0 unspecified atom stereocenters. The van der Waals surface area contributed by atoms with Crippen LogP contribution in [-0.2, 0) is 11.3 Å². The van der Waals surface area contributed by atoms with E-state index in [1.165, 1.54) is 12.1 Å². The number of benzene rings is 1. The van der Waals surface area contributed by atoms with Gasteiger partial charge in [0.15, 0.2) is 0 Å². The smallest absolute Gasteiger partial charge is 0.220 e. The molecule has 5 heteroatoms. The summed E-state index contributed by atoms with van der Waals surface area (Å²) in [7, 11) is 0. The number of amides is 1. The molecule has 0 bridgehead atoms. The zero-order valence-electron chi connectivity index (χ0n) is 10.2. The monoisotopic (exact) mass is 251 g/mol. The van der Waals surface area contributed by atoms with E-state index < -0.39 is 0 Å². The van der Waals surface area contributed by atoms with Crippen molar-refractivity contribution in [2.45, 2.75) is 19.4 Å². The Morgan fingerprint density at radius 2 is 2.17 bits per heavy atom. The fourth-order valence-electron chi connectivity index (χ4n) is 2.17. The van der Waals surface area contributed by atoms with Crippen LogP contribution < -0.4 is 11.2 Å². The average molecular weight is 251 g/mol. The number of hydrogen-bond acceptors (Lipinski definition) is 3. The van der Waals surface area contributed by atoms with Gasteiger partial charge in [0.2, 0.25) is 5.91 Å². The maximum atomic E-state index is 13.0. The van der Waals surface area contributed by atoms with Crippen molar-refractivity contribution in [3.05, 3.63) is 35.6 Å². The van der Waals surface area contributed by atoms with E-state index in [1.807, 2.05) is 6.07 Å². The van der Waals surface area contributed by atoms with Gasteiger partial charge in [-0.05, 0) is 30.5 Å². The van der Waals surface area contributed by atoms with Crippen LogP contribution >= 0.6 is 0 Å². The Morgan fingerprint density at radius 3 is 2.78 bits per heavy atom. The summed E-state index contributed by atoms with van der Waals surface area (Å²) in [5, 5.41) is 2.06. The highest BCUT2D eigenvalue weighted by Gasteiger charge is 2.22. The minimum absolute atomic E-state index is 0.00257. The van der Waals surface area contributed by atoms with Gasteiger partial charge in [0.05, 0.1) is 0 Å². The zero-order chi connectivity index (χ0) is 13.0. The Bertz CT molecular complexity index is 416. The predicted molar refractivity (Wildman–Crippen MR) is 66.7 cm³/mol. The van der Waals surface area contributed by atoms with Crippen molar-refractivity contribution in [1.29, 1.82) is 0 Å². The Morgan fingerprint density at radius 1 is 1.44 bits per heavy atom. The highest BCUT2D eigenvalue weighted by Crippen LogP contribution is 2.15. The molecule has 0 aromatic heterocycles. The molecule has 1 aliphatic rings. The van der Waals surface area contributed by atoms with Crippen LogP contribution in [-0.4, -0.2) is 24.0 Å². The first kappa shape index (κ1) is 13.0. The molecule has 1 fully saturated rings. The van der Waals surface area contributed by atoms with Crippen LogP contribution in [0.25, 0.3) is 0 Å². The summed E-state index contributed by atoms with van der Waals surface area (Å²) >= 11 is 0. The number of nitrogens with two attached hydrogens (primary N) is 1. The van der Waals surface area contributed by atoms with Crippen LogP contribution in [0.4, 0.5) is 4.39 Å². The van der Waals surface area contributed by atoms with E-state index >= 15 is 0 Å². The first-order chi connectivity index (χ1) is 8.65. The van der Waals surface area contributed by atoms with Crippen LogP contribution in [0.15, 0.2) is 24.3 Å². The van der Waals surface area contributed by atoms with Crippen LogP contribution in [0.1, 0.15) is 18.4 Å². The van der Waals surface area contributed by atoms with E-state index in [4.69, 9.17) is 5.73 Å². The molecular weight excluding hydrogens is 233 g/mol. The first-order valence-corrected chi connectivity index (χ1v) is 6.17. The SMILES string of the molecule is NC(=O)C1CCN(NCc2cccc(F)c2)CC1. The predicted octanol–water partition coefficient (Wildman–Crippen LogP) is 1.03. The van der Waals surface area contributed by atoms with Crippen LogP contribution in [0.2, 0.25) is 0 Å². The number of hydrogen-bond donors (Lipinski definition) is 2. The van der Waals surface area contributed by atoms with E-state index in [1.54, 1.807) is 6.07 Å². The Balaban J connectivity index is 1.77. The van der Waals surface area contributed by atoms with Crippen molar-refractivity contribution in [3.63, 3.8) is 0 Å². The highest BCUT2D eigenvalue weighted by molar-refractivity contribution is 5.76. The molecule has 0 aliphatic carbocycles. The standard InChI is InChI=1S/C13H18FN3O/c14-12-3-1-2-10(8-12)9-16-17-6-4-11(5-7-17)13(15)18/h1-3,8,11,16H,4-7,9H2,(H2,15,18). The molecule has 1 aromatic rings. The highest BCUT2D eigenvalue weighted by atomic mass is 19.1. The van der Waals surface area contributed by atoms with Gasteiger partial charge in [-0.1, -0.05) is 12.1 Å². The number of hydrazine groups is 1. The molecule has 1 heterocycles. The molecular formula is C13H18FN3O. The number of carbonyl (C=O) groups excluding carboxylic acids is 1. The third-order valence-corrected chi connectivity index (χ3v) is 3.29. The molecule has 1 saturated heterocycles. The number of halogens is 1. The summed E-state index contributed by atoms with van der Waals surface area (Å²) in [6, 6.07) is 6.53. The summed E-state index contributed by atoms with van der Waals surface area (Å²) in [6.45, 7) is 2.19. The van der Waals surface area contributed by atoms with Gasteiger partial charge in [-0.25, -0.2) is 9.40 Å². The molecule has 1 aromatic carbocycles. The van der Waals surface area contributed by atoms with E-state index in [2.05, 4.69) is 10.4 Å². The average Bonchev–Trinajstić information content (AvgIpc) is 2.37. The molecule has 2 rings (SSSR count). The van der Waals surface area contributed by atoms with Crippen LogP contribution in [0, 0.1) is 11.7 Å². The molecule has 1 aliphatic heterocycles. The second-order valence-corrected chi connectivity index (χ2v) is 4.63. The molecule has 0 atom stereocenters. The number of piperidine rings is 1. The fraction of sp³-hybridized carbons (Fsp3) is 0.462. The molecule has 0 radical (unpaired) electrons. The van der Waals surface area contributed by atoms with Crippen molar-refractivity contribution < 1.29 is 9.18 Å². The van der Waals surface area contributed by atoms with Crippen molar-refractivity contribution >= 4 is 5.91 Å². The van der Waals surface area contributed by atoms with E-state index in [9.17, 15) is 9.18 Å². The Kier molecular flexibility index (Phi) is 4.28. The van der Waals surface area contributed by atoms with E-state index in [-0.39, 0.29) is 17.6 Å². The van der Waals surface area contributed by atoms with Gasteiger partial charge in [0.1, 0.15) is 5.82 Å². The second-order valence-electron chi connectivity index (χ2n) is 4.63. The summed E-state index contributed by atoms with van der Waals surface area (Å²) in [5.74, 6) is -0.432. The van der Waals surface area contributed by atoms with Gasteiger partial charge < -0.3 is 5.73 Å². The minimum atomic E-state index is -0.221. The molecule has 0 spiro atoms. The quantitative estimate of drug-likeness (QED) is 0.840. The van der Waals surface area contributed by atoms with E-state index in [0.717, 1.165) is 31.5 Å². The van der Waals surface area contributed by atoms with Gasteiger partial charge in [-0.2, -0.15) is 0 Å². The largest absolute Gasteiger partial charge is 0.369 e. The van der Waals surface area contributed by atoms with Gasteiger partial charge in [0.25, 0.3) is 0 Å². The Labute approximate surface area is 106 Å². The minimum Gasteiger partial charge on any atom is -0.369 e. The number of nitrogens with zero attached hydrogens (tertiary/aromatic N) is 1. The van der Waals surface area contributed by atoms with E-state index in [0.29, 0.717) is 6.54 Å². The van der Waals surface area contributed by atoms with Gasteiger partial charge in [0, 0.05) is 25.6 Å². The van der Waals surface area contributed by atoms with Gasteiger partial charge in [-0.15, -0.1) is 0 Å². The van der Waals surface area contributed by atoms with Crippen molar-refractivity contribution in [3.8, 4) is 0 Å². The number of primary amides is 1. The van der Waals surface area contributed by atoms with Gasteiger partial charge in [-0.3, -0.25) is 10.2 Å². The molecule has 3 N–H and O–H groups in total. The second kappa shape index (κ2) is 5.93. The lowest BCUT2D eigenvalue weighted by atomic mass is 9.97. The van der Waals surface area contributed by atoms with Crippen LogP contribution in [0.3, 0.4) is 0 Å². The van der Waals surface area contributed by atoms with Gasteiger partial charge >= 0.3 is 0 Å². The molecule has 98 valence electrons. The third kappa shape index (κ3) is 3.51. The number of carbonyl (C=O) groups is 1. The number of rotatable bonds is 4. The third-order valence-electron chi connectivity index (χ3n) is 3.29. The molecule has 1 amide bonds. The van der Waals surface area contributed by atoms with Crippen molar-refractivity contribution in [2.24, 2.45) is 11.7 Å². The fourth-order valence-corrected chi connectivity index (χ4v) is 2.17. The number of nitrogens with one attached hydrogen (secondary N) is 1. The maximum Gasteiger partial charge on any atom is 0.220 e. The maximum absolute atomic E-state index is 13.0. The molecule has 18 heavy (non-hydrogen) atoms. The molecule has 0 saturated carbocycles.